The third-order valence-electron chi connectivity index (χ3n) is 4.68. The second kappa shape index (κ2) is 9.36. The Bertz CT molecular complexity index is 1280. The molecule has 1 amide bonds. The van der Waals surface area contributed by atoms with E-state index in [4.69, 9.17) is 4.74 Å². The van der Waals surface area contributed by atoms with Crippen molar-refractivity contribution >= 4 is 44.9 Å². The summed E-state index contributed by atoms with van der Waals surface area (Å²) in [4.78, 5) is 30.3. The van der Waals surface area contributed by atoms with Crippen molar-refractivity contribution in [1.82, 2.24) is 9.55 Å². The van der Waals surface area contributed by atoms with E-state index in [-0.39, 0.29) is 17.2 Å². The zero-order chi connectivity index (χ0) is 21.8. The Hall–Kier alpha value is -3.10. The smallest absolute Gasteiger partial charge is 0.272 e. The number of thiophene rings is 1. The summed E-state index contributed by atoms with van der Waals surface area (Å²) in [6.07, 6.45) is 0. The number of aryl methyl sites for hydroxylation is 1. The Balaban J connectivity index is 1.56. The van der Waals surface area contributed by atoms with Gasteiger partial charge in [-0.3, -0.25) is 14.2 Å². The number of fused-ring (bicyclic) bond motifs is 1. The summed E-state index contributed by atoms with van der Waals surface area (Å²) in [5.41, 5.74) is 3.39. The number of nitrogens with zero attached hydrogens (tertiary/aromatic N) is 2. The van der Waals surface area contributed by atoms with Gasteiger partial charge in [0.1, 0.15) is 10.4 Å². The molecule has 2 heterocycles. The van der Waals surface area contributed by atoms with Crippen molar-refractivity contribution in [3.05, 3.63) is 81.5 Å². The summed E-state index contributed by atoms with van der Waals surface area (Å²) in [7, 11) is 1.58. The van der Waals surface area contributed by atoms with Gasteiger partial charge in [-0.1, -0.05) is 47.7 Å². The Morgan fingerprint density at radius 2 is 2.00 bits per heavy atom. The number of nitrogens with one attached hydrogen (secondary N) is 1. The van der Waals surface area contributed by atoms with E-state index in [1.807, 2.05) is 54.8 Å². The average molecular weight is 452 g/mol. The first-order valence-electron chi connectivity index (χ1n) is 9.64. The summed E-state index contributed by atoms with van der Waals surface area (Å²) in [6, 6.07) is 17.1. The van der Waals surface area contributed by atoms with E-state index in [1.165, 1.54) is 23.1 Å². The van der Waals surface area contributed by atoms with Crippen LogP contribution in [0.25, 0.3) is 10.2 Å². The molecule has 8 heteroatoms. The SMILES string of the molecule is COc1cccc(NC(=O)CSc2nc3ccsc3c(=O)n2Cc2ccc(C)cc2)c1. The molecule has 31 heavy (non-hydrogen) atoms. The van der Waals surface area contributed by atoms with E-state index in [0.29, 0.717) is 33.4 Å². The molecule has 0 fully saturated rings. The fourth-order valence-corrected chi connectivity index (χ4v) is 4.65. The van der Waals surface area contributed by atoms with E-state index >= 15 is 0 Å². The maximum Gasteiger partial charge on any atom is 0.272 e. The number of ether oxygens (including phenoxy) is 1. The highest BCUT2D eigenvalue weighted by molar-refractivity contribution is 7.99. The number of amides is 1. The minimum atomic E-state index is -0.181. The van der Waals surface area contributed by atoms with E-state index in [1.54, 1.807) is 23.8 Å². The molecular formula is C23H21N3O3S2. The standard InChI is InChI=1S/C23H21N3O3S2/c1-15-6-8-16(9-7-15)13-26-22(28)21-19(10-11-30-21)25-23(26)31-14-20(27)24-17-4-3-5-18(12-17)29-2/h3-12H,13-14H2,1-2H3,(H,24,27). The van der Waals surface area contributed by atoms with Crippen molar-refractivity contribution in [3.8, 4) is 5.75 Å². The highest BCUT2D eigenvalue weighted by Crippen LogP contribution is 2.23. The van der Waals surface area contributed by atoms with Crippen LogP contribution >= 0.6 is 23.1 Å². The molecule has 6 nitrogen and oxygen atoms in total. The molecule has 0 saturated carbocycles. The Morgan fingerprint density at radius 3 is 2.77 bits per heavy atom. The van der Waals surface area contributed by atoms with Gasteiger partial charge in [-0.25, -0.2) is 4.98 Å². The quantitative estimate of drug-likeness (QED) is 0.330. The molecule has 0 unspecified atom stereocenters. The van der Waals surface area contributed by atoms with Crippen molar-refractivity contribution in [1.29, 1.82) is 0 Å². The Labute approximate surface area is 187 Å². The number of rotatable bonds is 7. The summed E-state index contributed by atoms with van der Waals surface area (Å²) >= 11 is 2.64. The lowest BCUT2D eigenvalue weighted by atomic mass is 10.1. The third kappa shape index (κ3) is 4.98. The number of methoxy groups -OCH3 is 1. The second-order valence-electron chi connectivity index (χ2n) is 6.98. The average Bonchev–Trinajstić information content (AvgIpc) is 3.25. The number of benzene rings is 2. The number of aromatic nitrogens is 2. The van der Waals surface area contributed by atoms with Gasteiger partial charge < -0.3 is 10.1 Å². The van der Waals surface area contributed by atoms with Crippen LogP contribution in [0.15, 0.2) is 69.9 Å². The van der Waals surface area contributed by atoms with Crippen LogP contribution in [0.1, 0.15) is 11.1 Å². The van der Waals surface area contributed by atoms with Crippen LogP contribution in [0.4, 0.5) is 5.69 Å². The summed E-state index contributed by atoms with van der Waals surface area (Å²) in [5.74, 6) is 0.620. The molecule has 0 bridgehead atoms. The fraction of sp³-hybridized carbons (Fsp3) is 0.174. The van der Waals surface area contributed by atoms with Gasteiger partial charge in [0.2, 0.25) is 5.91 Å². The first-order chi connectivity index (χ1) is 15.0. The van der Waals surface area contributed by atoms with Crippen LogP contribution < -0.4 is 15.6 Å². The maximum atomic E-state index is 13.1. The van der Waals surface area contributed by atoms with Gasteiger partial charge in [0.25, 0.3) is 5.56 Å². The topological polar surface area (TPSA) is 73.2 Å². The van der Waals surface area contributed by atoms with Crippen molar-refractivity contribution in [2.75, 3.05) is 18.2 Å². The van der Waals surface area contributed by atoms with Crippen molar-refractivity contribution in [2.24, 2.45) is 0 Å². The molecular weight excluding hydrogens is 430 g/mol. The largest absolute Gasteiger partial charge is 0.497 e. The van der Waals surface area contributed by atoms with Crippen LogP contribution in [0, 0.1) is 6.92 Å². The number of anilines is 1. The lowest BCUT2D eigenvalue weighted by Gasteiger charge is -2.12. The molecule has 2 aromatic heterocycles. The Kier molecular flexibility index (Phi) is 6.39. The number of hydrogen-bond acceptors (Lipinski definition) is 6. The summed E-state index contributed by atoms with van der Waals surface area (Å²) in [5, 5.41) is 5.24. The number of carbonyl (C=O) groups excluding carboxylic acids is 1. The van der Waals surface area contributed by atoms with E-state index in [0.717, 1.165) is 11.1 Å². The fourth-order valence-electron chi connectivity index (χ4n) is 3.08. The first-order valence-corrected chi connectivity index (χ1v) is 11.5. The maximum absolute atomic E-state index is 13.1. The molecule has 0 aliphatic carbocycles. The number of thioether (sulfide) groups is 1. The zero-order valence-corrected chi connectivity index (χ0v) is 18.8. The van der Waals surface area contributed by atoms with Gasteiger partial charge in [-0.15, -0.1) is 11.3 Å². The predicted octanol–water partition coefficient (Wildman–Crippen LogP) is 4.55. The monoisotopic (exact) mass is 451 g/mol. The van der Waals surface area contributed by atoms with Gasteiger partial charge >= 0.3 is 0 Å². The van der Waals surface area contributed by atoms with E-state index < -0.39 is 0 Å². The summed E-state index contributed by atoms with van der Waals surface area (Å²) < 4.78 is 7.46. The molecule has 0 aliphatic rings. The molecule has 0 radical (unpaired) electrons. The Morgan fingerprint density at radius 1 is 1.19 bits per heavy atom. The lowest BCUT2D eigenvalue weighted by Crippen LogP contribution is -2.24. The molecule has 0 atom stereocenters. The second-order valence-corrected chi connectivity index (χ2v) is 8.83. The predicted molar refractivity (Wildman–Crippen MR) is 127 cm³/mol. The van der Waals surface area contributed by atoms with Gasteiger partial charge in [-0.2, -0.15) is 0 Å². The van der Waals surface area contributed by atoms with Crippen LogP contribution in [0.5, 0.6) is 5.75 Å². The normalized spacial score (nSPS) is 10.9. The van der Waals surface area contributed by atoms with Crippen LogP contribution in [-0.2, 0) is 11.3 Å². The van der Waals surface area contributed by atoms with Gasteiger partial charge in [-0.05, 0) is 36.1 Å². The molecule has 0 aliphatic heterocycles. The van der Waals surface area contributed by atoms with Gasteiger partial charge in [0.15, 0.2) is 5.16 Å². The molecule has 0 saturated heterocycles. The third-order valence-corrected chi connectivity index (χ3v) is 6.55. The lowest BCUT2D eigenvalue weighted by molar-refractivity contribution is -0.113. The highest BCUT2D eigenvalue weighted by atomic mass is 32.2. The first kappa shape index (κ1) is 21.1. The number of carbonyl (C=O) groups is 1. The van der Waals surface area contributed by atoms with Crippen LogP contribution in [-0.4, -0.2) is 28.3 Å². The van der Waals surface area contributed by atoms with Crippen molar-refractivity contribution in [2.45, 2.75) is 18.6 Å². The molecule has 4 aromatic rings. The van der Waals surface area contributed by atoms with Crippen LogP contribution in [0.2, 0.25) is 0 Å². The minimum absolute atomic E-state index is 0.0868. The van der Waals surface area contributed by atoms with E-state index in [9.17, 15) is 9.59 Å². The number of hydrogen-bond donors (Lipinski definition) is 1. The van der Waals surface area contributed by atoms with Crippen LogP contribution in [0.3, 0.4) is 0 Å². The van der Waals surface area contributed by atoms with Crippen molar-refractivity contribution < 1.29 is 9.53 Å². The zero-order valence-electron chi connectivity index (χ0n) is 17.1. The van der Waals surface area contributed by atoms with E-state index in [2.05, 4.69) is 10.3 Å². The highest BCUT2D eigenvalue weighted by Gasteiger charge is 2.15. The molecule has 2 aromatic carbocycles. The molecule has 158 valence electrons. The molecule has 0 spiro atoms. The molecule has 4 rings (SSSR count). The minimum Gasteiger partial charge on any atom is -0.497 e. The molecule has 1 N–H and O–H groups in total. The van der Waals surface area contributed by atoms with Crippen molar-refractivity contribution in [3.63, 3.8) is 0 Å². The van der Waals surface area contributed by atoms with Gasteiger partial charge in [0, 0.05) is 11.8 Å². The summed E-state index contributed by atoms with van der Waals surface area (Å²) in [6.45, 7) is 2.43. The van der Waals surface area contributed by atoms with Gasteiger partial charge in [0.05, 0.1) is 24.9 Å².